The molecule has 0 aromatic carbocycles. The fourth-order valence-corrected chi connectivity index (χ4v) is 2.66. The molecule has 0 aliphatic carbocycles. The number of hydrogen-bond donors (Lipinski definition) is 1. The van der Waals surface area contributed by atoms with Crippen LogP contribution in [-0.4, -0.2) is 47.0 Å². The molecule has 0 saturated carbocycles. The van der Waals surface area contributed by atoms with Crippen molar-refractivity contribution in [2.24, 2.45) is 0 Å². The average molecular weight is 361 g/mol. The molecule has 3 heterocycles. The number of ether oxygens (including phenoxy) is 1. The maximum Gasteiger partial charge on any atom is 0.433 e. The number of nitro groups is 1. The van der Waals surface area contributed by atoms with E-state index in [0.717, 1.165) is 37.8 Å². The lowest BCUT2D eigenvalue weighted by Gasteiger charge is -2.17. The van der Waals surface area contributed by atoms with E-state index in [1.54, 1.807) is 13.0 Å². The zero-order chi connectivity index (χ0) is 18.5. The number of carbonyl (C=O) groups is 1. The van der Waals surface area contributed by atoms with Gasteiger partial charge in [0.1, 0.15) is 23.2 Å². The average Bonchev–Trinajstić information content (AvgIpc) is 3.29. The summed E-state index contributed by atoms with van der Waals surface area (Å²) in [7, 11) is 0. The molecule has 1 aliphatic heterocycles. The van der Waals surface area contributed by atoms with Crippen molar-refractivity contribution in [1.29, 1.82) is 0 Å². The minimum Gasteiger partial charge on any atom is -0.476 e. The second kappa shape index (κ2) is 7.81. The van der Waals surface area contributed by atoms with Crippen LogP contribution < -0.4 is 15.0 Å². The van der Waals surface area contributed by atoms with E-state index >= 15 is 0 Å². The quantitative estimate of drug-likeness (QED) is 0.449. The van der Waals surface area contributed by atoms with Gasteiger partial charge in [-0.25, -0.2) is 4.98 Å². The van der Waals surface area contributed by atoms with Gasteiger partial charge in [-0.2, -0.15) is 4.98 Å². The third kappa shape index (κ3) is 4.26. The number of nitrogens with one attached hydrogen (secondary N) is 1. The topological polar surface area (TPSA) is 124 Å². The molecule has 1 saturated heterocycles. The van der Waals surface area contributed by atoms with Gasteiger partial charge >= 0.3 is 5.88 Å². The van der Waals surface area contributed by atoms with Gasteiger partial charge in [0.2, 0.25) is 5.88 Å². The van der Waals surface area contributed by atoms with Crippen molar-refractivity contribution in [3.05, 3.63) is 39.9 Å². The first-order chi connectivity index (χ1) is 12.5. The maximum absolute atomic E-state index is 11.9. The first-order valence-electron chi connectivity index (χ1n) is 8.29. The van der Waals surface area contributed by atoms with Crippen molar-refractivity contribution in [1.82, 2.24) is 15.3 Å². The minimum absolute atomic E-state index is 0.120. The third-order valence-corrected chi connectivity index (χ3v) is 3.86. The number of hydrogen-bond acceptors (Lipinski definition) is 8. The predicted octanol–water partition coefficient (Wildman–Crippen LogP) is 1.70. The molecule has 2 aromatic rings. The molecule has 3 rings (SSSR count). The molecule has 1 amide bonds. The van der Waals surface area contributed by atoms with Crippen LogP contribution in [0.15, 0.2) is 22.6 Å². The number of aryl methyl sites for hydroxylation is 1. The molecule has 26 heavy (non-hydrogen) atoms. The van der Waals surface area contributed by atoms with E-state index in [0.29, 0.717) is 11.7 Å². The Balaban J connectivity index is 1.50. The lowest BCUT2D eigenvalue weighted by Crippen LogP contribution is -2.28. The number of aromatic nitrogens is 2. The van der Waals surface area contributed by atoms with Gasteiger partial charge in [-0.05, 0) is 25.8 Å². The van der Waals surface area contributed by atoms with Gasteiger partial charge in [0.05, 0.1) is 12.6 Å². The van der Waals surface area contributed by atoms with Crippen LogP contribution in [0.4, 0.5) is 11.7 Å². The van der Waals surface area contributed by atoms with Gasteiger partial charge in [0, 0.05) is 19.2 Å². The standard InChI is InChI=1S/C16H19N5O5/c1-11-18-13(20-7-2-3-8-20)10-14(19-11)25-9-6-17-16(22)12-4-5-15(26-12)21(23)24/h4-5,10H,2-3,6-9H2,1H3,(H,17,22). The van der Waals surface area contributed by atoms with E-state index < -0.39 is 16.7 Å². The van der Waals surface area contributed by atoms with E-state index in [4.69, 9.17) is 9.15 Å². The Hall–Kier alpha value is -3.17. The molecule has 0 radical (unpaired) electrons. The molecule has 138 valence electrons. The van der Waals surface area contributed by atoms with Gasteiger partial charge in [-0.1, -0.05) is 0 Å². The Morgan fingerprint density at radius 3 is 2.85 bits per heavy atom. The smallest absolute Gasteiger partial charge is 0.433 e. The SMILES string of the molecule is Cc1nc(OCCNC(=O)c2ccc([N+](=O)[O-])o2)cc(N2CCCC2)n1. The van der Waals surface area contributed by atoms with E-state index in [-0.39, 0.29) is 18.9 Å². The first kappa shape index (κ1) is 17.6. The van der Waals surface area contributed by atoms with Gasteiger partial charge in [0.25, 0.3) is 5.91 Å². The Labute approximate surface area is 149 Å². The summed E-state index contributed by atoms with van der Waals surface area (Å²) in [6.45, 7) is 4.15. The van der Waals surface area contributed by atoms with Crippen LogP contribution in [0.1, 0.15) is 29.2 Å². The summed E-state index contributed by atoms with van der Waals surface area (Å²) in [5.41, 5.74) is 0. The molecule has 10 nitrogen and oxygen atoms in total. The van der Waals surface area contributed by atoms with E-state index in [2.05, 4.69) is 20.2 Å². The fourth-order valence-electron chi connectivity index (χ4n) is 2.66. The van der Waals surface area contributed by atoms with Crippen molar-refractivity contribution in [3.8, 4) is 5.88 Å². The minimum atomic E-state index is -0.699. The Morgan fingerprint density at radius 2 is 2.15 bits per heavy atom. The Bertz CT molecular complexity index is 800. The summed E-state index contributed by atoms with van der Waals surface area (Å²) in [6, 6.07) is 4.18. The van der Waals surface area contributed by atoms with Gasteiger partial charge in [0.15, 0.2) is 5.76 Å². The molecule has 10 heteroatoms. The third-order valence-electron chi connectivity index (χ3n) is 3.86. The number of anilines is 1. The predicted molar refractivity (Wildman–Crippen MR) is 91.4 cm³/mol. The summed E-state index contributed by atoms with van der Waals surface area (Å²) in [6.07, 6.45) is 2.30. The van der Waals surface area contributed by atoms with Crippen LogP contribution in [0.3, 0.4) is 0 Å². The summed E-state index contributed by atoms with van der Waals surface area (Å²) in [4.78, 5) is 32.6. The highest BCUT2D eigenvalue weighted by Gasteiger charge is 2.17. The second-order valence-corrected chi connectivity index (χ2v) is 5.81. The molecular weight excluding hydrogens is 342 g/mol. The number of nitrogens with zero attached hydrogens (tertiary/aromatic N) is 4. The molecule has 1 fully saturated rings. The molecular formula is C16H19N5O5. The van der Waals surface area contributed by atoms with Crippen molar-refractivity contribution >= 4 is 17.6 Å². The van der Waals surface area contributed by atoms with Gasteiger partial charge in [-0.15, -0.1) is 0 Å². The molecule has 2 aromatic heterocycles. The molecule has 1 N–H and O–H groups in total. The lowest BCUT2D eigenvalue weighted by molar-refractivity contribution is -0.402. The highest BCUT2D eigenvalue weighted by Crippen LogP contribution is 2.21. The molecule has 1 aliphatic rings. The normalized spacial score (nSPS) is 13.7. The van der Waals surface area contributed by atoms with Gasteiger partial charge in [-0.3, -0.25) is 14.9 Å². The van der Waals surface area contributed by atoms with Crippen LogP contribution in [0, 0.1) is 17.0 Å². The Kier molecular flexibility index (Phi) is 5.30. The van der Waals surface area contributed by atoms with Crippen molar-refractivity contribution in [3.63, 3.8) is 0 Å². The molecule has 0 bridgehead atoms. The summed E-state index contributed by atoms with van der Waals surface area (Å²) in [5, 5.41) is 13.1. The van der Waals surface area contributed by atoms with Crippen LogP contribution in [0.5, 0.6) is 5.88 Å². The monoisotopic (exact) mass is 361 g/mol. The summed E-state index contributed by atoms with van der Waals surface area (Å²) < 4.78 is 10.4. The largest absolute Gasteiger partial charge is 0.476 e. The lowest BCUT2D eigenvalue weighted by atomic mass is 10.4. The van der Waals surface area contributed by atoms with Gasteiger partial charge < -0.3 is 19.4 Å². The number of amides is 1. The van der Waals surface area contributed by atoms with Crippen molar-refractivity contribution < 1.29 is 18.9 Å². The highest BCUT2D eigenvalue weighted by atomic mass is 16.6. The van der Waals surface area contributed by atoms with E-state index in [1.807, 2.05) is 0 Å². The van der Waals surface area contributed by atoms with E-state index in [1.165, 1.54) is 6.07 Å². The maximum atomic E-state index is 11.9. The second-order valence-electron chi connectivity index (χ2n) is 5.81. The first-order valence-corrected chi connectivity index (χ1v) is 8.29. The Morgan fingerprint density at radius 1 is 1.38 bits per heavy atom. The number of carbonyl (C=O) groups excluding carboxylic acids is 1. The summed E-state index contributed by atoms with van der Waals surface area (Å²) in [5.74, 6) is 0.775. The van der Waals surface area contributed by atoms with E-state index in [9.17, 15) is 14.9 Å². The van der Waals surface area contributed by atoms with Crippen LogP contribution in [-0.2, 0) is 0 Å². The van der Waals surface area contributed by atoms with Crippen molar-refractivity contribution in [2.45, 2.75) is 19.8 Å². The highest BCUT2D eigenvalue weighted by molar-refractivity contribution is 5.91. The fraction of sp³-hybridized carbons (Fsp3) is 0.438. The zero-order valence-corrected chi connectivity index (χ0v) is 14.3. The van der Waals surface area contributed by atoms with Crippen LogP contribution in [0.25, 0.3) is 0 Å². The molecule has 0 spiro atoms. The number of furan rings is 1. The van der Waals surface area contributed by atoms with Crippen LogP contribution in [0.2, 0.25) is 0 Å². The molecule has 0 atom stereocenters. The summed E-state index contributed by atoms with van der Waals surface area (Å²) >= 11 is 0. The molecule has 0 unspecified atom stereocenters. The van der Waals surface area contributed by atoms with Crippen LogP contribution >= 0.6 is 0 Å². The van der Waals surface area contributed by atoms with Crippen molar-refractivity contribution in [2.75, 3.05) is 31.1 Å². The zero-order valence-electron chi connectivity index (χ0n) is 14.3. The number of rotatable bonds is 7.